The first-order valence-corrected chi connectivity index (χ1v) is 8.82. The highest BCUT2D eigenvalue weighted by atomic mass is 79.9. The third-order valence-corrected chi connectivity index (χ3v) is 4.49. The van der Waals surface area contributed by atoms with Crippen LogP contribution in [0.25, 0.3) is 0 Å². The topological polar surface area (TPSA) is 89.7 Å². The average Bonchev–Trinajstić information content (AvgIpc) is 2.41. The first-order chi connectivity index (χ1) is 9.70. The molecule has 0 radical (unpaired) electrons. The Morgan fingerprint density at radius 1 is 1.38 bits per heavy atom. The summed E-state index contributed by atoms with van der Waals surface area (Å²) in [5.41, 5.74) is 0. The van der Waals surface area contributed by atoms with Gasteiger partial charge in [0.05, 0.1) is 9.37 Å². The lowest BCUT2D eigenvalue weighted by Gasteiger charge is -2.23. The van der Waals surface area contributed by atoms with E-state index in [-0.39, 0.29) is 10.8 Å². The van der Waals surface area contributed by atoms with Crippen LogP contribution in [0.5, 0.6) is 5.75 Å². The van der Waals surface area contributed by atoms with Gasteiger partial charge in [0.1, 0.15) is 5.75 Å². The van der Waals surface area contributed by atoms with Gasteiger partial charge in [0.2, 0.25) is 10.0 Å². The van der Waals surface area contributed by atoms with Crippen LogP contribution in [-0.2, 0) is 14.8 Å². The molecule has 118 valence electrons. The Morgan fingerprint density at radius 2 is 1.95 bits per heavy atom. The van der Waals surface area contributed by atoms with E-state index in [1.54, 1.807) is 11.8 Å². The number of rotatable bonds is 6. The van der Waals surface area contributed by atoms with E-state index < -0.39 is 16.1 Å². The standard InChI is InChI=1S/C13H19BrN2O4S/c1-4-16(5-2)13(17)9(3)20-12-7-6-10(8-11(12)14)21(15,18)19/h6-9H,4-5H2,1-3H3,(H2,15,18,19). The highest BCUT2D eigenvalue weighted by molar-refractivity contribution is 9.10. The van der Waals surface area contributed by atoms with Crippen molar-refractivity contribution >= 4 is 31.9 Å². The molecule has 2 N–H and O–H groups in total. The van der Waals surface area contributed by atoms with Crippen molar-refractivity contribution in [2.75, 3.05) is 13.1 Å². The molecule has 0 fully saturated rings. The maximum Gasteiger partial charge on any atom is 0.263 e. The maximum atomic E-state index is 12.1. The van der Waals surface area contributed by atoms with Crippen molar-refractivity contribution in [2.45, 2.75) is 31.8 Å². The zero-order valence-electron chi connectivity index (χ0n) is 12.2. The zero-order chi connectivity index (χ0) is 16.2. The van der Waals surface area contributed by atoms with Crippen molar-refractivity contribution in [2.24, 2.45) is 5.14 Å². The van der Waals surface area contributed by atoms with E-state index in [2.05, 4.69) is 15.9 Å². The number of hydrogen-bond acceptors (Lipinski definition) is 4. The van der Waals surface area contributed by atoms with Crippen LogP contribution in [0, 0.1) is 0 Å². The number of sulfonamides is 1. The van der Waals surface area contributed by atoms with Crippen LogP contribution >= 0.6 is 15.9 Å². The third kappa shape index (κ3) is 4.69. The molecule has 0 aliphatic rings. The summed E-state index contributed by atoms with van der Waals surface area (Å²) >= 11 is 3.22. The Hall–Kier alpha value is -1.12. The Labute approximate surface area is 133 Å². The Balaban J connectivity index is 2.91. The smallest absolute Gasteiger partial charge is 0.263 e. The van der Waals surface area contributed by atoms with E-state index in [0.717, 1.165) is 0 Å². The minimum Gasteiger partial charge on any atom is -0.480 e. The molecule has 0 heterocycles. The van der Waals surface area contributed by atoms with Gasteiger partial charge in [-0.3, -0.25) is 4.79 Å². The van der Waals surface area contributed by atoms with E-state index >= 15 is 0 Å². The largest absolute Gasteiger partial charge is 0.480 e. The first kappa shape index (κ1) is 17.9. The number of nitrogens with zero attached hydrogens (tertiary/aromatic N) is 1. The summed E-state index contributed by atoms with van der Waals surface area (Å²) in [6, 6.07) is 4.15. The van der Waals surface area contributed by atoms with Crippen LogP contribution in [0.2, 0.25) is 0 Å². The molecule has 0 saturated heterocycles. The molecule has 21 heavy (non-hydrogen) atoms. The minimum absolute atomic E-state index is 0.0237. The normalized spacial score (nSPS) is 12.8. The highest BCUT2D eigenvalue weighted by Crippen LogP contribution is 2.28. The van der Waals surface area contributed by atoms with Crippen molar-refractivity contribution in [3.8, 4) is 5.75 Å². The molecule has 6 nitrogen and oxygen atoms in total. The minimum atomic E-state index is -3.77. The van der Waals surface area contributed by atoms with Gasteiger partial charge in [-0.2, -0.15) is 0 Å². The summed E-state index contributed by atoms with van der Waals surface area (Å²) in [6.45, 7) is 6.65. The molecule has 0 aliphatic carbocycles. The molecular formula is C13H19BrN2O4S. The Bertz CT molecular complexity index is 615. The molecule has 0 saturated carbocycles. The summed E-state index contributed by atoms with van der Waals surface area (Å²) in [7, 11) is -3.77. The molecular weight excluding hydrogens is 360 g/mol. The van der Waals surface area contributed by atoms with Gasteiger partial charge in [-0.05, 0) is 54.9 Å². The fraction of sp³-hybridized carbons (Fsp3) is 0.462. The van der Waals surface area contributed by atoms with E-state index in [4.69, 9.17) is 9.88 Å². The monoisotopic (exact) mass is 378 g/mol. The summed E-state index contributed by atoms with van der Waals surface area (Å²) in [5.74, 6) is 0.262. The summed E-state index contributed by atoms with van der Waals surface area (Å²) in [6.07, 6.45) is -0.665. The predicted octanol–water partition coefficient (Wildman–Crippen LogP) is 1.73. The maximum absolute atomic E-state index is 12.1. The van der Waals surface area contributed by atoms with Crippen molar-refractivity contribution in [1.82, 2.24) is 4.90 Å². The number of likely N-dealkylation sites (N-methyl/N-ethyl adjacent to an activating group) is 1. The van der Waals surface area contributed by atoms with Crippen LogP contribution < -0.4 is 9.88 Å². The lowest BCUT2D eigenvalue weighted by Crippen LogP contribution is -2.40. The molecule has 0 aromatic heterocycles. The van der Waals surface area contributed by atoms with Crippen molar-refractivity contribution in [1.29, 1.82) is 0 Å². The van der Waals surface area contributed by atoms with E-state index in [1.807, 2.05) is 13.8 Å². The number of hydrogen-bond donors (Lipinski definition) is 1. The van der Waals surface area contributed by atoms with Gasteiger partial charge in [0.25, 0.3) is 5.91 Å². The van der Waals surface area contributed by atoms with Gasteiger partial charge in [-0.15, -0.1) is 0 Å². The van der Waals surface area contributed by atoms with Gasteiger partial charge < -0.3 is 9.64 Å². The molecule has 1 rings (SSSR count). The number of nitrogens with two attached hydrogens (primary N) is 1. The number of benzene rings is 1. The first-order valence-electron chi connectivity index (χ1n) is 6.48. The molecule has 1 aromatic carbocycles. The lowest BCUT2D eigenvalue weighted by atomic mass is 10.3. The Kier molecular flexibility index (Phi) is 6.18. The second-order valence-corrected chi connectivity index (χ2v) is 6.82. The molecule has 0 bridgehead atoms. The fourth-order valence-electron chi connectivity index (χ4n) is 1.79. The quantitative estimate of drug-likeness (QED) is 0.815. The second-order valence-electron chi connectivity index (χ2n) is 4.41. The number of amides is 1. The summed E-state index contributed by atoms with van der Waals surface area (Å²) in [5, 5.41) is 5.05. The lowest BCUT2D eigenvalue weighted by molar-refractivity contribution is -0.137. The number of halogens is 1. The second kappa shape index (κ2) is 7.24. The van der Waals surface area contributed by atoms with E-state index in [0.29, 0.717) is 23.3 Å². The van der Waals surface area contributed by atoms with Crippen LogP contribution in [0.3, 0.4) is 0 Å². The van der Waals surface area contributed by atoms with Gasteiger partial charge in [0.15, 0.2) is 6.10 Å². The van der Waals surface area contributed by atoms with Crippen LogP contribution in [-0.4, -0.2) is 38.4 Å². The van der Waals surface area contributed by atoms with Crippen molar-refractivity contribution in [3.05, 3.63) is 22.7 Å². The average molecular weight is 379 g/mol. The molecule has 1 atom stereocenters. The number of carbonyl (C=O) groups is 1. The molecule has 0 spiro atoms. The zero-order valence-corrected chi connectivity index (χ0v) is 14.6. The van der Waals surface area contributed by atoms with Gasteiger partial charge >= 0.3 is 0 Å². The summed E-state index contributed by atoms with van der Waals surface area (Å²) < 4.78 is 28.5. The van der Waals surface area contributed by atoms with E-state index in [1.165, 1.54) is 18.2 Å². The highest BCUT2D eigenvalue weighted by Gasteiger charge is 2.21. The van der Waals surface area contributed by atoms with Crippen molar-refractivity contribution in [3.63, 3.8) is 0 Å². The molecule has 1 unspecified atom stereocenters. The third-order valence-electron chi connectivity index (χ3n) is 2.96. The Morgan fingerprint density at radius 3 is 2.38 bits per heavy atom. The fourth-order valence-corrected chi connectivity index (χ4v) is 2.95. The van der Waals surface area contributed by atoms with Gasteiger partial charge in [-0.25, -0.2) is 13.6 Å². The summed E-state index contributed by atoms with van der Waals surface area (Å²) in [4.78, 5) is 13.8. The van der Waals surface area contributed by atoms with Gasteiger partial charge in [-0.1, -0.05) is 0 Å². The molecule has 1 aromatic rings. The van der Waals surface area contributed by atoms with Gasteiger partial charge in [0, 0.05) is 13.1 Å². The van der Waals surface area contributed by atoms with Crippen LogP contribution in [0.4, 0.5) is 0 Å². The number of primary sulfonamides is 1. The molecule has 8 heteroatoms. The van der Waals surface area contributed by atoms with E-state index in [9.17, 15) is 13.2 Å². The predicted molar refractivity (Wildman–Crippen MR) is 83.5 cm³/mol. The van der Waals surface area contributed by atoms with Crippen molar-refractivity contribution < 1.29 is 17.9 Å². The number of carbonyl (C=O) groups excluding carboxylic acids is 1. The SMILES string of the molecule is CCN(CC)C(=O)C(C)Oc1ccc(S(N)(=O)=O)cc1Br. The van der Waals surface area contributed by atoms with Crippen LogP contribution in [0.1, 0.15) is 20.8 Å². The number of ether oxygens (including phenoxy) is 1. The molecule has 0 aliphatic heterocycles. The molecule has 1 amide bonds. The van der Waals surface area contributed by atoms with Crippen LogP contribution in [0.15, 0.2) is 27.6 Å².